The van der Waals surface area contributed by atoms with Gasteiger partial charge in [-0.05, 0) is 36.4 Å². The number of carbonyl (C=O) groups excluding carboxylic acids is 1. The average molecular weight is 523 g/mol. The van der Waals surface area contributed by atoms with Crippen LogP contribution in [0.2, 0.25) is 0 Å². The van der Waals surface area contributed by atoms with E-state index >= 15 is 0 Å². The summed E-state index contributed by atoms with van der Waals surface area (Å²) in [5.74, 6) is -0.982. The van der Waals surface area contributed by atoms with Crippen LogP contribution in [0.4, 0.5) is 0 Å². The molecule has 190 valence electrons. The highest BCUT2D eigenvalue weighted by Gasteiger charge is 2.26. The number of ether oxygens (including phenoxy) is 1. The highest BCUT2D eigenvalue weighted by molar-refractivity contribution is 7.90. The lowest BCUT2D eigenvalue weighted by Crippen LogP contribution is -2.41. The number of carboxylic acid groups (broad SMARTS) is 1. The molecule has 1 amide bonds. The first-order valence-electron chi connectivity index (χ1n) is 11.4. The first-order chi connectivity index (χ1) is 17.7. The fourth-order valence-electron chi connectivity index (χ4n) is 4.10. The highest BCUT2D eigenvalue weighted by atomic mass is 32.2. The number of fused-ring (bicyclic) bond motifs is 1. The van der Waals surface area contributed by atoms with Crippen molar-refractivity contribution in [3.8, 4) is 11.6 Å². The third kappa shape index (κ3) is 4.98. The number of hydrogen-bond acceptors (Lipinski definition) is 9. The summed E-state index contributed by atoms with van der Waals surface area (Å²) in [5, 5.41) is 14.0. The Morgan fingerprint density at radius 1 is 1.00 bits per heavy atom. The SMILES string of the molecule is CS(=O)(=O)c1ccc(-n2ncc3c(OC4CCN(C(=O)c5ccc(C(=O)O)nc5)CC4)ncnc32)cc1. The maximum atomic E-state index is 12.8. The molecule has 12 nitrogen and oxygen atoms in total. The predicted octanol–water partition coefficient (Wildman–Crippen LogP) is 2.00. The minimum Gasteiger partial charge on any atom is -0.477 e. The summed E-state index contributed by atoms with van der Waals surface area (Å²) in [4.78, 5) is 38.0. The molecular weight excluding hydrogens is 500 g/mol. The van der Waals surface area contributed by atoms with Gasteiger partial charge in [0.2, 0.25) is 5.88 Å². The normalized spacial score (nSPS) is 14.6. The summed E-state index contributed by atoms with van der Waals surface area (Å²) in [5.41, 5.74) is 1.37. The van der Waals surface area contributed by atoms with Gasteiger partial charge in [0.1, 0.15) is 23.5 Å². The van der Waals surface area contributed by atoms with Crippen LogP contribution in [-0.4, -0.2) is 80.5 Å². The lowest BCUT2D eigenvalue weighted by molar-refractivity contribution is 0.0588. The van der Waals surface area contributed by atoms with Gasteiger partial charge in [-0.3, -0.25) is 4.79 Å². The van der Waals surface area contributed by atoms with Gasteiger partial charge < -0.3 is 14.7 Å². The Balaban J connectivity index is 1.27. The number of hydrogen-bond donors (Lipinski definition) is 1. The van der Waals surface area contributed by atoms with E-state index in [9.17, 15) is 18.0 Å². The minimum absolute atomic E-state index is 0.117. The number of carboxylic acids is 1. The first-order valence-corrected chi connectivity index (χ1v) is 13.2. The van der Waals surface area contributed by atoms with Gasteiger partial charge in [0.25, 0.3) is 5.91 Å². The number of benzene rings is 1. The van der Waals surface area contributed by atoms with E-state index in [0.717, 1.165) is 6.26 Å². The van der Waals surface area contributed by atoms with Gasteiger partial charge >= 0.3 is 5.97 Å². The molecule has 0 unspecified atom stereocenters. The summed E-state index contributed by atoms with van der Waals surface area (Å²) in [7, 11) is -3.31. The highest BCUT2D eigenvalue weighted by Crippen LogP contribution is 2.27. The third-order valence-electron chi connectivity index (χ3n) is 6.08. The average Bonchev–Trinajstić information content (AvgIpc) is 3.34. The van der Waals surface area contributed by atoms with Gasteiger partial charge in [-0.1, -0.05) is 0 Å². The number of sulfone groups is 1. The summed E-state index contributed by atoms with van der Waals surface area (Å²) in [6.45, 7) is 0.925. The third-order valence-corrected chi connectivity index (χ3v) is 7.20. The monoisotopic (exact) mass is 522 g/mol. The number of amides is 1. The van der Waals surface area contributed by atoms with Crippen molar-refractivity contribution in [3.05, 3.63) is 66.4 Å². The van der Waals surface area contributed by atoms with Crippen LogP contribution in [-0.2, 0) is 9.84 Å². The van der Waals surface area contributed by atoms with Crippen molar-refractivity contribution in [1.29, 1.82) is 0 Å². The van der Waals surface area contributed by atoms with Gasteiger partial charge in [0, 0.05) is 38.4 Å². The second-order valence-corrected chi connectivity index (χ2v) is 10.6. The maximum absolute atomic E-state index is 12.8. The molecule has 37 heavy (non-hydrogen) atoms. The van der Waals surface area contributed by atoms with Crippen LogP contribution in [0.1, 0.15) is 33.7 Å². The molecule has 0 radical (unpaired) electrons. The molecule has 13 heteroatoms. The molecule has 0 aliphatic carbocycles. The van der Waals surface area contributed by atoms with E-state index in [0.29, 0.717) is 54.1 Å². The van der Waals surface area contributed by atoms with Crippen LogP contribution < -0.4 is 4.74 Å². The van der Waals surface area contributed by atoms with Crippen LogP contribution in [0.3, 0.4) is 0 Å². The van der Waals surface area contributed by atoms with Crippen LogP contribution in [0.25, 0.3) is 16.7 Å². The zero-order chi connectivity index (χ0) is 26.2. The van der Waals surface area contributed by atoms with Crippen LogP contribution in [0.15, 0.2) is 60.0 Å². The summed E-state index contributed by atoms with van der Waals surface area (Å²) < 4.78 is 31.2. The molecule has 4 heterocycles. The van der Waals surface area contributed by atoms with Crippen LogP contribution >= 0.6 is 0 Å². The number of nitrogens with zero attached hydrogens (tertiary/aromatic N) is 6. The number of likely N-dealkylation sites (tertiary alicyclic amines) is 1. The van der Waals surface area contributed by atoms with Crippen LogP contribution in [0, 0.1) is 0 Å². The molecule has 1 N–H and O–H groups in total. The van der Waals surface area contributed by atoms with Crippen molar-refractivity contribution in [2.45, 2.75) is 23.8 Å². The summed E-state index contributed by atoms with van der Waals surface area (Å²) in [6.07, 6.45) is 6.40. The molecule has 0 saturated carbocycles. The lowest BCUT2D eigenvalue weighted by atomic mass is 10.1. The molecule has 3 aromatic heterocycles. The molecule has 5 rings (SSSR count). The Morgan fingerprint density at radius 3 is 2.35 bits per heavy atom. The molecule has 1 aliphatic rings. The fraction of sp³-hybridized carbons (Fsp3) is 0.250. The Hall–Kier alpha value is -4.39. The van der Waals surface area contributed by atoms with E-state index in [2.05, 4.69) is 20.1 Å². The molecular formula is C24H22N6O6S. The van der Waals surface area contributed by atoms with Crippen molar-refractivity contribution in [2.75, 3.05) is 19.3 Å². The van der Waals surface area contributed by atoms with Crippen molar-refractivity contribution in [2.24, 2.45) is 0 Å². The number of aromatic nitrogens is 5. The first kappa shape index (κ1) is 24.3. The number of piperidine rings is 1. The molecule has 0 bridgehead atoms. The molecule has 1 fully saturated rings. The van der Waals surface area contributed by atoms with Gasteiger partial charge in [0.05, 0.1) is 22.3 Å². The molecule has 1 saturated heterocycles. The molecule has 4 aromatic rings. The topological polar surface area (TPSA) is 157 Å². The van der Waals surface area contributed by atoms with E-state index in [-0.39, 0.29) is 22.6 Å². The van der Waals surface area contributed by atoms with E-state index in [1.165, 1.54) is 36.8 Å². The zero-order valence-electron chi connectivity index (χ0n) is 19.7. The quantitative estimate of drug-likeness (QED) is 0.397. The Labute approximate surface area is 211 Å². The van der Waals surface area contributed by atoms with Crippen molar-refractivity contribution in [1.82, 2.24) is 29.6 Å². The predicted molar refractivity (Wildman–Crippen MR) is 131 cm³/mol. The van der Waals surface area contributed by atoms with E-state index in [4.69, 9.17) is 9.84 Å². The van der Waals surface area contributed by atoms with Crippen molar-refractivity contribution < 1.29 is 27.9 Å². The Kier molecular flexibility index (Phi) is 6.29. The van der Waals surface area contributed by atoms with Gasteiger partial charge in [-0.25, -0.2) is 32.8 Å². The molecule has 0 atom stereocenters. The van der Waals surface area contributed by atoms with E-state index < -0.39 is 15.8 Å². The van der Waals surface area contributed by atoms with E-state index in [1.54, 1.807) is 27.9 Å². The standard InChI is InChI=1S/C24H22N6O6S/c1-37(34,35)18-5-3-16(4-6-18)30-21-19(13-28-30)22(27-14-26-21)36-17-8-10-29(11-9-17)23(31)15-2-7-20(24(32)33)25-12-15/h2-7,12-14,17H,8-11H2,1H3,(H,32,33). The van der Waals surface area contributed by atoms with Gasteiger partial charge in [-0.2, -0.15) is 5.10 Å². The van der Waals surface area contributed by atoms with Crippen molar-refractivity contribution >= 4 is 32.7 Å². The fourth-order valence-corrected chi connectivity index (χ4v) is 4.73. The summed E-state index contributed by atoms with van der Waals surface area (Å²) >= 11 is 0. The number of carbonyl (C=O) groups is 2. The Morgan fingerprint density at radius 2 is 1.73 bits per heavy atom. The zero-order valence-corrected chi connectivity index (χ0v) is 20.5. The number of rotatable bonds is 6. The second-order valence-electron chi connectivity index (χ2n) is 8.59. The lowest BCUT2D eigenvalue weighted by Gasteiger charge is -2.32. The largest absolute Gasteiger partial charge is 0.477 e. The molecule has 0 spiro atoms. The van der Waals surface area contributed by atoms with E-state index in [1.807, 2.05) is 0 Å². The summed E-state index contributed by atoms with van der Waals surface area (Å²) in [6, 6.07) is 9.12. The Bertz CT molecular complexity index is 1580. The number of pyridine rings is 1. The van der Waals surface area contributed by atoms with Gasteiger partial charge in [-0.15, -0.1) is 0 Å². The molecule has 1 aliphatic heterocycles. The maximum Gasteiger partial charge on any atom is 0.354 e. The molecule has 1 aromatic carbocycles. The van der Waals surface area contributed by atoms with Crippen molar-refractivity contribution in [3.63, 3.8) is 0 Å². The second kappa shape index (κ2) is 9.58. The minimum atomic E-state index is -3.31. The number of aromatic carboxylic acids is 1. The van der Waals surface area contributed by atoms with Gasteiger partial charge in [0.15, 0.2) is 15.5 Å². The van der Waals surface area contributed by atoms with Crippen LogP contribution in [0.5, 0.6) is 5.88 Å². The smallest absolute Gasteiger partial charge is 0.354 e.